The highest BCUT2D eigenvalue weighted by molar-refractivity contribution is 5.93. The second-order valence-corrected chi connectivity index (χ2v) is 3.50. The van der Waals surface area contributed by atoms with Gasteiger partial charge in [-0.15, -0.1) is 0 Å². The molecule has 19 heavy (non-hydrogen) atoms. The van der Waals surface area contributed by atoms with Crippen LogP contribution in [0, 0.1) is 0 Å². The monoisotopic (exact) mass is 265 g/mol. The van der Waals surface area contributed by atoms with Crippen molar-refractivity contribution < 1.29 is 9.47 Å². The van der Waals surface area contributed by atoms with Crippen LogP contribution in [0.5, 0.6) is 11.5 Å². The minimum atomic E-state index is -0.153. The van der Waals surface area contributed by atoms with Crippen molar-refractivity contribution in [2.45, 2.75) is 13.8 Å². The minimum absolute atomic E-state index is 0.0467. The van der Waals surface area contributed by atoms with Crippen LogP contribution in [0.2, 0.25) is 0 Å². The maximum Gasteiger partial charge on any atom is 0.223 e. The van der Waals surface area contributed by atoms with Crippen molar-refractivity contribution in [1.82, 2.24) is 0 Å². The van der Waals surface area contributed by atoms with Gasteiger partial charge in [-0.1, -0.05) is 0 Å². The Labute approximate surface area is 112 Å². The molecule has 0 atom stereocenters. The molecule has 0 saturated carbocycles. The topological polar surface area (TPSA) is 121 Å². The Morgan fingerprint density at radius 2 is 1.79 bits per heavy atom. The van der Waals surface area contributed by atoms with E-state index in [9.17, 15) is 0 Å². The molecule has 0 aliphatic heterocycles. The Hall–Kier alpha value is -2.44. The Balaban J connectivity index is 3.13. The fourth-order valence-corrected chi connectivity index (χ4v) is 1.40. The van der Waals surface area contributed by atoms with Crippen molar-refractivity contribution in [2.24, 2.45) is 27.2 Å². The van der Waals surface area contributed by atoms with Gasteiger partial charge in [-0.25, -0.2) is 4.99 Å². The highest BCUT2D eigenvalue weighted by Gasteiger charge is 2.06. The Morgan fingerprint density at radius 1 is 1.11 bits per heavy atom. The number of ether oxygens (including phenoxy) is 2. The molecule has 0 radical (unpaired) electrons. The molecule has 7 nitrogen and oxygen atoms in total. The molecular weight excluding hydrogens is 246 g/mol. The van der Waals surface area contributed by atoms with Gasteiger partial charge < -0.3 is 26.7 Å². The average Bonchev–Trinajstić information content (AvgIpc) is 2.32. The first-order chi connectivity index (χ1) is 9.06. The van der Waals surface area contributed by atoms with Gasteiger partial charge in [0.05, 0.1) is 13.2 Å². The van der Waals surface area contributed by atoms with Crippen LogP contribution >= 0.6 is 0 Å². The molecule has 0 aromatic heterocycles. The highest BCUT2D eigenvalue weighted by atomic mass is 16.5. The molecule has 0 aliphatic rings. The van der Waals surface area contributed by atoms with E-state index in [0.29, 0.717) is 30.4 Å². The third-order valence-electron chi connectivity index (χ3n) is 2.02. The Kier molecular flexibility index (Phi) is 5.46. The molecule has 0 bridgehead atoms. The van der Waals surface area contributed by atoms with Crippen LogP contribution in [0.3, 0.4) is 0 Å². The van der Waals surface area contributed by atoms with E-state index < -0.39 is 0 Å². The zero-order valence-electron chi connectivity index (χ0n) is 11.1. The van der Waals surface area contributed by atoms with Gasteiger partial charge in [0, 0.05) is 6.07 Å². The number of benzene rings is 1. The van der Waals surface area contributed by atoms with E-state index in [0.717, 1.165) is 0 Å². The molecule has 7 heteroatoms. The lowest BCUT2D eigenvalue weighted by Gasteiger charge is -2.09. The molecule has 6 N–H and O–H groups in total. The third-order valence-corrected chi connectivity index (χ3v) is 2.02. The predicted octanol–water partition coefficient (Wildman–Crippen LogP) is 0.704. The van der Waals surface area contributed by atoms with Gasteiger partial charge in [0.1, 0.15) is 17.2 Å². The first-order valence-electron chi connectivity index (χ1n) is 5.90. The van der Waals surface area contributed by atoms with E-state index >= 15 is 0 Å². The predicted molar refractivity (Wildman–Crippen MR) is 75.9 cm³/mol. The lowest BCUT2D eigenvalue weighted by molar-refractivity contribution is 0.331. The van der Waals surface area contributed by atoms with Gasteiger partial charge in [-0.3, -0.25) is 0 Å². The molecule has 1 rings (SSSR count). The molecule has 0 unspecified atom stereocenters. The Morgan fingerprint density at radius 3 is 2.37 bits per heavy atom. The van der Waals surface area contributed by atoms with Gasteiger partial charge in [-0.05, 0) is 26.0 Å². The fourth-order valence-electron chi connectivity index (χ4n) is 1.40. The van der Waals surface area contributed by atoms with Gasteiger partial charge in [0.25, 0.3) is 0 Å². The summed E-state index contributed by atoms with van der Waals surface area (Å²) in [6.07, 6.45) is 0. The van der Waals surface area contributed by atoms with E-state index in [4.69, 9.17) is 26.7 Å². The Bertz CT molecular complexity index is 481. The quantitative estimate of drug-likeness (QED) is 0.534. The van der Waals surface area contributed by atoms with Crippen LogP contribution in [0.1, 0.15) is 13.8 Å². The first-order valence-corrected chi connectivity index (χ1v) is 5.90. The highest BCUT2D eigenvalue weighted by Crippen LogP contribution is 2.31. The summed E-state index contributed by atoms with van der Waals surface area (Å²) < 4.78 is 10.8. The summed E-state index contributed by atoms with van der Waals surface area (Å²) in [6, 6.07) is 5.27. The second-order valence-electron chi connectivity index (χ2n) is 3.50. The summed E-state index contributed by atoms with van der Waals surface area (Å²) in [5.41, 5.74) is 16.6. The standard InChI is InChI=1S/C12H19N5O2/c1-3-18-8-5-6-10(19-4-2)9(7-8)16-12(15)17-11(13)14/h5-7H,3-4H2,1-2H3,(H6,13,14,15,16,17). The summed E-state index contributed by atoms with van der Waals surface area (Å²) in [6.45, 7) is 4.84. The van der Waals surface area contributed by atoms with Crippen LogP contribution in [0.4, 0.5) is 5.69 Å². The molecule has 0 heterocycles. The van der Waals surface area contributed by atoms with E-state index in [1.165, 1.54) is 0 Å². The van der Waals surface area contributed by atoms with Crippen LogP contribution in [-0.4, -0.2) is 25.1 Å². The second kappa shape index (κ2) is 7.10. The average molecular weight is 265 g/mol. The number of nitrogens with two attached hydrogens (primary N) is 3. The number of hydrogen-bond donors (Lipinski definition) is 3. The van der Waals surface area contributed by atoms with Gasteiger partial charge in [-0.2, -0.15) is 4.99 Å². The number of hydrogen-bond acceptors (Lipinski definition) is 3. The van der Waals surface area contributed by atoms with Crippen molar-refractivity contribution in [3.63, 3.8) is 0 Å². The van der Waals surface area contributed by atoms with Crippen molar-refractivity contribution in [1.29, 1.82) is 0 Å². The fraction of sp³-hybridized carbons (Fsp3) is 0.333. The third kappa shape index (κ3) is 4.74. The van der Waals surface area contributed by atoms with Gasteiger partial charge in [0.2, 0.25) is 5.96 Å². The molecule has 104 valence electrons. The van der Waals surface area contributed by atoms with Gasteiger partial charge >= 0.3 is 0 Å². The largest absolute Gasteiger partial charge is 0.494 e. The van der Waals surface area contributed by atoms with Gasteiger partial charge in [0.15, 0.2) is 5.96 Å². The molecule has 1 aromatic rings. The molecule has 0 saturated heterocycles. The van der Waals surface area contributed by atoms with E-state index in [2.05, 4.69) is 9.98 Å². The van der Waals surface area contributed by atoms with Crippen LogP contribution in [0.15, 0.2) is 28.2 Å². The first kappa shape index (κ1) is 14.6. The number of aliphatic imine (C=N–C) groups is 2. The summed E-state index contributed by atoms with van der Waals surface area (Å²) >= 11 is 0. The lowest BCUT2D eigenvalue weighted by atomic mass is 10.3. The molecule has 0 fully saturated rings. The minimum Gasteiger partial charge on any atom is -0.494 e. The molecular formula is C12H19N5O2. The molecule has 0 spiro atoms. The van der Waals surface area contributed by atoms with Crippen molar-refractivity contribution in [2.75, 3.05) is 13.2 Å². The van der Waals surface area contributed by atoms with Crippen molar-refractivity contribution in [3.8, 4) is 11.5 Å². The maximum absolute atomic E-state index is 5.60. The number of guanidine groups is 2. The summed E-state index contributed by atoms with van der Waals surface area (Å²) in [5.74, 6) is 1.05. The number of rotatable bonds is 5. The number of nitrogens with zero attached hydrogens (tertiary/aromatic N) is 2. The normalized spacial score (nSPS) is 10.9. The van der Waals surface area contributed by atoms with E-state index in [1.807, 2.05) is 13.8 Å². The summed E-state index contributed by atoms with van der Waals surface area (Å²) in [5, 5.41) is 0. The smallest absolute Gasteiger partial charge is 0.223 e. The summed E-state index contributed by atoms with van der Waals surface area (Å²) in [4.78, 5) is 7.76. The van der Waals surface area contributed by atoms with Crippen LogP contribution in [-0.2, 0) is 0 Å². The van der Waals surface area contributed by atoms with Crippen LogP contribution in [0.25, 0.3) is 0 Å². The van der Waals surface area contributed by atoms with Crippen molar-refractivity contribution >= 4 is 17.6 Å². The van der Waals surface area contributed by atoms with Crippen molar-refractivity contribution in [3.05, 3.63) is 18.2 Å². The zero-order valence-corrected chi connectivity index (χ0v) is 11.1. The lowest BCUT2D eigenvalue weighted by Crippen LogP contribution is -2.26. The SMILES string of the molecule is CCOc1ccc(OCC)c(N=C(N)N=C(N)N)c1. The maximum atomic E-state index is 5.60. The van der Waals surface area contributed by atoms with Crippen LogP contribution < -0.4 is 26.7 Å². The molecule has 0 aliphatic carbocycles. The summed E-state index contributed by atoms with van der Waals surface area (Å²) in [7, 11) is 0. The van der Waals surface area contributed by atoms with E-state index in [-0.39, 0.29) is 11.9 Å². The van der Waals surface area contributed by atoms with E-state index in [1.54, 1.807) is 18.2 Å². The molecule has 0 amide bonds. The molecule has 1 aromatic carbocycles. The zero-order chi connectivity index (χ0) is 14.3.